The van der Waals surface area contributed by atoms with E-state index in [1.807, 2.05) is 0 Å². The number of nitrogens with zero attached hydrogens (tertiary/aromatic N) is 1. The first-order valence-corrected chi connectivity index (χ1v) is 20.7. The Bertz CT molecular complexity index is 3840. The van der Waals surface area contributed by atoms with Crippen molar-refractivity contribution in [1.82, 2.24) is 14.5 Å². The molecular weight excluding hydrogens is 717 g/mol. The molecule has 2 radical (unpaired) electrons. The molecule has 1 aliphatic carbocycles. The van der Waals surface area contributed by atoms with Crippen LogP contribution in [0.5, 0.6) is 0 Å². The van der Waals surface area contributed by atoms with Gasteiger partial charge in [-0.2, -0.15) is 0 Å². The van der Waals surface area contributed by atoms with Crippen molar-refractivity contribution in [3.05, 3.63) is 169 Å². The molecule has 276 valence electrons. The number of hydrogen-bond acceptors (Lipinski definition) is 1. The van der Waals surface area contributed by atoms with E-state index in [1.54, 1.807) is 0 Å². The molecule has 2 N–H and O–H groups in total. The van der Waals surface area contributed by atoms with E-state index < -0.39 is 0 Å². The first kappa shape index (κ1) is 32.8. The topological polar surface area (TPSA) is 49.6 Å². The smallest absolute Gasteiger partial charge is 0.168 e. The number of aromatic amines is 2. The monoisotopic (exact) mass is 753 g/mol. The minimum absolute atomic E-state index is 0.516. The van der Waals surface area contributed by atoms with Gasteiger partial charge in [-0.3, -0.25) is 0 Å². The maximum absolute atomic E-state index is 6.35. The zero-order valence-electron chi connectivity index (χ0n) is 32.2. The Hall–Kier alpha value is -7.24. The van der Waals surface area contributed by atoms with Crippen LogP contribution in [-0.2, 0) is 0 Å². The first-order chi connectivity index (χ1) is 29.2. The average Bonchev–Trinajstić information content (AvgIpc) is 4.06. The van der Waals surface area contributed by atoms with Crippen molar-refractivity contribution in [1.29, 1.82) is 0 Å². The van der Waals surface area contributed by atoms with Gasteiger partial charge in [0.2, 0.25) is 0 Å². The molecule has 1 aliphatic rings. The average molecular weight is 754 g/mol. The van der Waals surface area contributed by atoms with Crippen molar-refractivity contribution in [3.8, 4) is 5.69 Å². The van der Waals surface area contributed by atoms with Crippen LogP contribution in [-0.4, -0.2) is 22.4 Å². The summed E-state index contributed by atoms with van der Waals surface area (Å²) in [5, 5.41) is 17.9. The summed E-state index contributed by atoms with van der Waals surface area (Å²) in [4.78, 5) is 7.60. The molecule has 0 spiro atoms. The summed E-state index contributed by atoms with van der Waals surface area (Å²) >= 11 is 0. The summed E-state index contributed by atoms with van der Waals surface area (Å²) < 4.78 is 8.25. The lowest BCUT2D eigenvalue weighted by atomic mass is 9.76. The standard InChI is InChI=1S/C28H18N2.C26H18BNO/c1-2-8-18(9-3-1)30-17-16-23-25(30)15-14-24-26-21-12-6-4-10-19(21)20-11-5-7-13-22(20)28(26)29-27(23)24;27-26-21(14-6-5-7-14)23-20(29-26)13-12-19-22-17-10-3-1-8-15(17)16-9-2-4-11-18(16)24(22)28-25(19)23/h1-17,29H;1-4,8-14,28H,5-7H2. The maximum Gasteiger partial charge on any atom is 0.168 e. The lowest BCUT2D eigenvalue weighted by molar-refractivity contribution is 0.421. The Morgan fingerprint density at radius 1 is 0.441 bits per heavy atom. The molecule has 4 aromatic heterocycles. The van der Waals surface area contributed by atoms with Gasteiger partial charge in [0.15, 0.2) is 7.85 Å². The van der Waals surface area contributed by atoms with Crippen LogP contribution in [0.25, 0.3) is 114 Å². The zero-order chi connectivity index (χ0) is 38.8. The summed E-state index contributed by atoms with van der Waals surface area (Å²) in [6.45, 7) is 0. The number of aromatic nitrogens is 3. The molecule has 1 fully saturated rings. The minimum atomic E-state index is 0.516. The van der Waals surface area contributed by atoms with Gasteiger partial charge in [0.25, 0.3) is 0 Å². The first-order valence-electron chi connectivity index (χ1n) is 20.7. The van der Waals surface area contributed by atoms with Crippen LogP contribution in [0.4, 0.5) is 0 Å². The van der Waals surface area contributed by atoms with E-state index in [0.29, 0.717) is 11.6 Å². The highest BCUT2D eigenvalue weighted by Crippen LogP contribution is 2.46. The molecule has 0 amide bonds. The summed E-state index contributed by atoms with van der Waals surface area (Å²) in [7, 11) is 6.35. The Morgan fingerprint density at radius 2 is 0.932 bits per heavy atom. The summed E-state index contributed by atoms with van der Waals surface area (Å²) in [6, 6.07) is 56.4. The minimum Gasteiger partial charge on any atom is -0.472 e. The molecular formula is C54H36BN3O. The van der Waals surface area contributed by atoms with Crippen LogP contribution in [0.1, 0.15) is 30.7 Å². The van der Waals surface area contributed by atoms with Gasteiger partial charge < -0.3 is 19.0 Å². The number of para-hydroxylation sites is 1. The molecule has 59 heavy (non-hydrogen) atoms. The quantitative estimate of drug-likeness (QED) is 0.134. The third-order valence-corrected chi connectivity index (χ3v) is 13.2. The fourth-order valence-electron chi connectivity index (χ4n) is 10.4. The van der Waals surface area contributed by atoms with Gasteiger partial charge in [-0.25, -0.2) is 0 Å². The second-order valence-corrected chi connectivity index (χ2v) is 16.2. The van der Waals surface area contributed by atoms with E-state index in [4.69, 9.17) is 12.3 Å². The summed E-state index contributed by atoms with van der Waals surface area (Å²) in [6.07, 6.45) is 5.83. The van der Waals surface area contributed by atoms with Crippen molar-refractivity contribution >= 4 is 122 Å². The van der Waals surface area contributed by atoms with E-state index in [2.05, 4.69) is 178 Å². The largest absolute Gasteiger partial charge is 0.472 e. The van der Waals surface area contributed by atoms with E-state index >= 15 is 0 Å². The Kier molecular flexibility index (Phi) is 6.89. The molecule has 0 saturated heterocycles. The van der Waals surface area contributed by atoms with Crippen molar-refractivity contribution in [2.45, 2.75) is 25.2 Å². The van der Waals surface area contributed by atoms with Crippen LogP contribution in [0.3, 0.4) is 0 Å². The highest BCUT2D eigenvalue weighted by atomic mass is 16.3. The maximum atomic E-state index is 6.35. The number of hydrogen-bond donors (Lipinski definition) is 2. The molecule has 4 heterocycles. The Labute approximate surface area is 340 Å². The van der Waals surface area contributed by atoms with Gasteiger partial charge in [0, 0.05) is 55.0 Å². The molecule has 0 aliphatic heterocycles. The molecule has 1 saturated carbocycles. The molecule has 0 atom stereocenters. The second kappa shape index (κ2) is 12.4. The number of rotatable bonds is 2. The predicted octanol–water partition coefficient (Wildman–Crippen LogP) is 14.0. The van der Waals surface area contributed by atoms with E-state index in [-0.39, 0.29) is 0 Å². The van der Waals surface area contributed by atoms with E-state index in [9.17, 15) is 0 Å². The van der Waals surface area contributed by atoms with E-state index in [1.165, 1.54) is 128 Å². The van der Waals surface area contributed by atoms with Crippen LogP contribution in [0, 0.1) is 0 Å². The van der Waals surface area contributed by atoms with Crippen LogP contribution >= 0.6 is 0 Å². The highest BCUT2D eigenvalue weighted by molar-refractivity contribution is 6.37. The van der Waals surface area contributed by atoms with Gasteiger partial charge in [0.1, 0.15) is 5.58 Å². The van der Waals surface area contributed by atoms with Crippen molar-refractivity contribution in [2.24, 2.45) is 0 Å². The molecule has 5 heteroatoms. The lowest BCUT2D eigenvalue weighted by Crippen LogP contribution is -2.16. The third-order valence-electron chi connectivity index (χ3n) is 13.2. The van der Waals surface area contributed by atoms with Gasteiger partial charge in [-0.1, -0.05) is 128 Å². The number of fused-ring (bicyclic) bond motifs is 20. The Balaban J connectivity index is 0.000000122. The SMILES string of the molecule is [B]c1oc2ccc3c([nH]c4c5ccccc5c5ccccc5c34)c2c1C1CCC1.c1ccc(-n2ccc3c4[nH]c5c6ccccc6c6ccccc6c5c4ccc32)cc1. The van der Waals surface area contributed by atoms with Gasteiger partial charge in [0.05, 0.1) is 33.2 Å². The highest BCUT2D eigenvalue weighted by Gasteiger charge is 2.28. The Morgan fingerprint density at radius 3 is 1.53 bits per heavy atom. The molecule has 0 bridgehead atoms. The van der Waals surface area contributed by atoms with Crippen molar-refractivity contribution in [3.63, 3.8) is 0 Å². The summed E-state index contributed by atoms with van der Waals surface area (Å²) in [5.74, 6) is 0.516. The molecule has 14 rings (SSSR count). The lowest BCUT2D eigenvalue weighted by Gasteiger charge is -2.25. The third kappa shape index (κ3) is 4.61. The van der Waals surface area contributed by atoms with Gasteiger partial charge >= 0.3 is 0 Å². The van der Waals surface area contributed by atoms with Crippen LogP contribution in [0.15, 0.2) is 168 Å². The fourth-order valence-corrected chi connectivity index (χ4v) is 10.4. The number of furan rings is 1. The number of H-pyrrole nitrogens is 2. The zero-order valence-corrected chi connectivity index (χ0v) is 32.2. The van der Waals surface area contributed by atoms with Crippen molar-refractivity contribution < 1.29 is 4.42 Å². The molecule has 0 unspecified atom stereocenters. The van der Waals surface area contributed by atoms with Crippen LogP contribution < -0.4 is 5.66 Å². The number of nitrogens with one attached hydrogen (secondary N) is 2. The predicted molar refractivity (Wildman–Crippen MR) is 250 cm³/mol. The van der Waals surface area contributed by atoms with E-state index in [0.717, 1.165) is 11.1 Å². The number of benzene rings is 9. The normalized spacial score (nSPS) is 13.6. The molecule has 13 aromatic rings. The second-order valence-electron chi connectivity index (χ2n) is 16.2. The fraction of sp³-hybridized carbons (Fsp3) is 0.0741. The molecule has 4 nitrogen and oxygen atoms in total. The summed E-state index contributed by atoms with van der Waals surface area (Å²) in [5.41, 5.74) is 9.85. The van der Waals surface area contributed by atoms with Gasteiger partial charge in [-0.15, -0.1) is 0 Å². The van der Waals surface area contributed by atoms with Crippen molar-refractivity contribution in [2.75, 3.05) is 0 Å². The van der Waals surface area contributed by atoms with Gasteiger partial charge in [-0.05, 0) is 93.0 Å². The molecule has 9 aromatic carbocycles. The van der Waals surface area contributed by atoms with Crippen LogP contribution in [0.2, 0.25) is 0 Å².